The molecule has 2 aromatic carbocycles. The monoisotopic (exact) mass is 326 g/mol. The zero-order valence-corrected chi connectivity index (χ0v) is 15.0. The Morgan fingerprint density at radius 3 is 2.04 bits per heavy atom. The smallest absolute Gasteiger partial charge is 0.335 e. The van der Waals surface area contributed by atoms with Gasteiger partial charge in [-0.3, -0.25) is 0 Å². The maximum atomic E-state index is 10.6. The number of fused-ring (bicyclic) bond motifs is 1. The summed E-state index contributed by atoms with van der Waals surface area (Å²) in [6.45, 7) is 1.48. The number of carbonyl (C=O) groups is 2. The Balaban J connectivity index is 0.000000172. The van der Waals surface area contributed by atoms with E-state index in [4.69, 9.17) is 10.2 Å². The predicted molar refractivity (Wildman–Crippen MR) is 93.3 cm³/mol. The molecule has 0 radical (unpaired) electrons. The molecule has 118 valence electrons. The molecule has 4 nitrogen and oxygen atoms in total. The fraction of sp³-hybridized carbons (Fsp3) is 0.111. The van der Waals surface area contributed by atoms with Crippen LogP contribution in [0.25, 0.3) is 6.08 Å². The molecule has 0 heterocycles. The van der Waals surface area contributed by atoms with Crippen molar-refractivity contribution in [3.05, 3.63) is 76.4 Å². The van der Waals surface area contributed by atoms with Crippen molar-refractivity contribution in [3.8, 4) is 0 Å². The highest BCUT2D eigenvalue weighted by Gasteiger charge is 2.13. The average molecular weight is 326 g/mol. The topological polar surface area (TPSA) is 74.6 Å². The van der Waals surface area contributed by atoms with Crippen molar-refractivity contribution >= 4 is 28.3 Å². The number of aromatic carboxylic acids is 2. The second-order valence-electron chi connectivity index (χ2n) is 5.37. The molecule has 0 spiro atoms. The molecule has 1 aliphatic carbocycles. The summed E-state index contributed by atoms with van der Waals surface area (Å²) >= 11 is 0. The van der Waals surface area contributed by atoms with Crippen LogP contribution in [0.3, 0.4) is 0 Å². The number of carboxylic acids is 2. The van der Waals surface area contributed by atoms with Crippen LogP contribution >= 0.6 is 0 Å². The molecule has 2 N–H and O–H groups in total. The number of carboxylic acid groups (broad SMARTS) is 2. The molecule has 1 atom stereocenters. The first-order valence-corrected chi connectivity index (χ1v) is 8.40. The molecule has 5 heteroatoms. The van der Waals surface area contributed by atoms with Crippen LogP contribution in [0.15, 0.2) is 48.5 Å². The van der Waals surface area contributed by atoms with Crippen molar-refractivity contribution in [2.75, 3.05) is 0 Å². The Labute approximate surface area is 137 Å². The first-order chi connectivity index (χ1) is 10.9. The highest BCUT2D eigenvalue weighted by atomic mass is 28.1. The highest BCUT2D eigenvalue weighted by Crippen LogP contribution is 2.26. The van der Waals surface area contributed by atoms with Crippen LogP contribution in [0.1, 0.15) is 42.9 Å². The van der Waals surface area contributed by atoms with E-state index in [1.54, 1.807) is 0 Å². The molecule has 0 aromatic heterocycles. The van der Waals surface area contributed by atoms with E-state index < -0.39 is 11.9 Å². The normalized spacial score (nSPS) is 14.7. The van der Waals surface area contributed by atoms with E-state index in [9.17, 15) is 9.59 Å². The number of allylic oxidation sites excluding steroid dienone is 1. The van der Waals surface area contributed by atoms with Gasteiger partial charge in [0.15, 0.2) is 0 Å². The Bertz CT molecular complexity index is 748. The summed E-state index contributed by atoms with van der Waals surface area (Å²) in [7, 11) is 1.24. The van der Waals surface area contributed by atoms with Crippen molar-refractivity contribution in [2.24, 2.45) is 0 Å². The lowest BCUT2D eigenvalue weighted by Gasteiger charge is -2.03. The molecular weight excluding hydrogens is 308 g/mol. The Morgan fingerprint density at radius 1 is 0.957 bits per heavy atom. The third kappa shape index (κ3) is 3.76. The summed E-state index contributed by atoms with van der Waals surface area (Å²) in [5, 5.41) is 17.4. The summed E-state index contributed by atoms with van der Waals surface area (Å²) in [5.41, 5.74) is 4.04. The summed E-state index contributed by atoms with van der Waals surface area (Å²) in [5.74, 6) is -2.22. The van der Waals surface area contributed by atoms with Gasteiger partial charge in [-0.25, -0.2) is 9.59 Å². The van der Waals surface area contributed by atoms with Gasteiger partial charge in [-0.05, 0) is 41.3 Å². The number of hydrogen-bond acceptors (Lipinski definition) is 2. The van der Waals surface area contributed by atoms with Gasteiger partial charge in [0.05, 0.1) is 11.1 Å². The quantitative estimate of drug-likeness (QED) is 0.832. The Kier molecular flexibility index (Phi) is 5.13. The predicted octanol–water partition coefficient (Wildman–Crippen LogP) is 2.51. The minimum absolute atomic E-state index is 0.0277. The van der Waals surface area contributed by atoms with Gasteiger partial charge in [0.1, 0.15) is 0 Å². The number of rotatable bonds is 2. The van der Waals surface area contributed by atoms with Gasteiger partial charge in [-0.1, -0.05) is 42.5 Å². The third-order valence-electron chi connectivity index (χ3n) is 3.85. The lowest BCUT2D eigenvalue weighted by Crippen LogP contribution is -2.06. The number of benzene rings is 2. The van der Waals surface area contributed by atoms with Crippen LogP contribution in [0.5, 0.6) is 0 Å². The van der Waals surface area contributed by atoms with Gasteiger partial charge in [0.2, 0.25) is 0 Å². The van der Waals surface area contributed by atoms with Crippen molar-refractivity contribution < 1.29 is 19.8 Å². The minimum Gasteiger partial charge on any atom is -0.478 e. The lowest BCUT2D eigenvalue weighted by molar-refractivity contribution is 0.0696. The number of hydrogen-bond donors (Lipinski definition) is 2. The van der Waals surface area contributed by atoms with Crippen molar-refractivity contribution in [1.82, 2.24) is 0 Å². The Hall–Kier alpha value is -2.66. The van der Waals surface area contributed by atoms with Gasteiger partial charge in [-0.2, -0.15) is 0 Å². The van der Waals surface area contributed by atoms with Crippen molar-refractivity contribution in [2.45, 2.75) is 12.5 Å². The fourth-order valence-corrected chi connectivity index (χ4v) is 3.25. The first-order valence-electron chi connectivity index (χ1n) is 7.25. The van der Waals surface area contributed by atoms with Gasteiger partial charge in [0.25, 0.3) is 0 Å². The van der Waals surface area contributed by atoms with E-state index in [0.717, 1.165) is 5.54 Å². The van der Waals surface area contributed by atoms with E-state index in [1.807, 2.05) is 0 Å². The van der Waals surface area contributed by atoms with Crippen LogP contribution in [0.2, 0.25) is 0 Å². The SMILES string of the molecule is Cc1c(C(=O)O)cccc1C(=O)O.[SiH3]C1C=Cc2ccccc21. The van der Waals surface area contributed by atoms with Crippen molar-refractivity contribution in [3.63, 3.8) is 0 Å². The van der Waals surface area contributed by atoms with Crippen molar-refractivity contribution in [1.29, 1.82) is 0 Å². The fourth-order valence-electron chi connectivity index (χ4n) is 2.53. The van der Waals surface area contributed by atoms with E-state index in [2.05, 4.69) is 36.4 Å². The molecule has 0 amide bonds. The molecule has 2 aromatic rings. The van der Waals surface area contributed by atoms with Gasteiger partial charge in [0, 0.05) is 10.2 Å². The zero-order chi connectivity index (χ0) is 17.0. The molecule has 23 heavy (non-hydrogen) atoms. The molecule has 0 aliphatic heterocycles. The van der Waals surface area contributed by atoms with Gasteiger partial charge in [-0.15, -0.1) is 0 Å². The third-order valence-corrected chi connectivity index (χ3v) is 4.85. The maximum Gasteiger partial charge on any atom is 0.335 e. The zero-order valence-electron chi connectivity index (χ0n) is 13.0. The molecule has 0 bridgehead atoms. The highest BCUT2D eigenvalue weighted by molar-refractivity contribution is 6.15. The molecule has 1 unspecified atom stereocenters. The van der Waals surface area contributed by atoms with Crippen LogP contribution in [-0.2, 0) is 0 Å². The second-order valence-corrected chi connectivity index (χ2v) is 6.61. The summed E-state index contributed by atoms with van der Waals surface area (Å²) in [4.78, 5) is 21.2. The van der Waals surface area contributed by atoms with Gasteiger partial charge >= 0.3 is 11.9 Å². The summed E-state index contributed by atoms with van der Waals surface area (Å²) in [6.07, 6.45) is 4.53. The molecule has 0 fully saturated rings. The van der Waals surface area contributed by atoms with Crippen LogP contribution in [0, 0.1) is 6.92 Å². The standard InChI is InChI=1S/C9H8O4.C9H10Si/c1-5-6(8(10)11)3-2-4-7(5)9(12)13;10-9-6-5-7-3-1-2-4-8(7)9/h2-4H,1H3,(H,10,11)(H,12,13);1-6,9H,10H3. The van der Waals surface area contributed by atoms with Crippen LogP contribution in [0.4, 0.5) is 0 Å². The van der Waals surface area contributed by atoms with E-state index in [-0.39, 0.29) is 16.7 Å². The molecule has 1 aliphatic rings. The van der Waals surface area contributed by atoms with Crippen LogP contribution in [-0.4, -0.2) is 32.4 Å². The Morgan fingerprint density at radius 2 is 1.52 bits per heavy atom. The van der Waals surface area contributed by atoms with E-state index >= 15 is 0 Å². The van der Waals surface area contributed by atoms with E-state index in [1.165, 1.54) is 46.5 Å². The van der Waals surface area contributed by atoms with E-state index in [0.29, 0.717) is 0 Å². The van der Waals surface area contributed by atoms with Gasteiger partial charge < -0.3 is 10.2 Å². The largest absolute Gasteiger partial charge is 0.478 e. The minimum atomic E-state index is -1.11. The maximum absolute atomic E-state index is 10.6. The molecule has 0 saturated heterocycles. The summed E-state index contributed by atoms with van der Waals surface area (Å²) in [6, 6.07) is 12.8. The summed E-state index contributed by atoms with van der Waals surface area (Å²) < 4.78 is 0. The molecular formula is C18H18O4Si. The first kappa shape index (κ1) is 16.7. The second kappa shape index (κ2) is 7.06. The molecule has 3 rings (SSSR count). The van der Waals surface area contributed by atoms with Crippen LogP contribution < -0.4 is 0 Å². The average Bonchev–Trinajstić information content (AvgIpc) is 2.89. The molecule has 0 saturated carbocycles. The lowest BCUT2D eigenvalue weighted by atomic mass is 10.0.